The van der Waals surface area contributed by atoms with Crippen LogP contribution in [-0.2, 0) is 0 Å². The Hall–Kier alpha value is -2.01. The van der Waals surface area contributed by atoms with Crippen LogP contribution in [0.3, 0.4) is 0 Å². The van der Waals surface area contributed by atoms with Crippen molar-refractivity contribution < 1.29 is 4.79 Å². The third kappa shape index (κ3) is 2.25. The number of carbonyl (C=O) groups excluding carboxylic acids is 1. The molecule has 1 aliphatic heterocycles. The van der Waals surface area contributed by atoms with Gasteiger partial charge in [0.2, 0.25) is 5.78 Å². The van der Waals surface area contributed by atoms with Crippen molar-refractivity contribution in [2.24, 2.45) is 0 Å². The highest BCUT2D eigenvalue weighted by Crippen LogP contribution is 2.24. The van der Waals surface area contributed by atoms with Gasteiger partial charge in [-0.15, -0.1) is 5.10 Å². The number of para-hydroxylation sites is 1. The standard InChI is InChI=1S/C15H18N4O/c1-15(9-5-6-10-16-15)14(20)13-11-17-18-19(13)12-7-3-2-4-8-12/h2-4,7-8,11,16H,5-6,9-10H2,1H3. The van der Waals surface area contributed by atoms with Gasteiger partial charge >= 0.3 is 0 Å². The highest BCUT2D eigenvalue weighted by molar-refractivity contribution is 6.01. The smallest absolute Gasteiger partial charge is 0.202 e. The van der Waals surface area contributed by atoms with E-state index in [4.69, 9.17) is 0 Å². The van der Waals surface area contributed by atoms with Crippen LogP contribution in [0, 0.1) is 0 Å². The second-order valence-electron chi connectivity index (χ2n) is 5.41. The average molecular weight is 270 g/mol. The van der Waals surface area contributed by atoms with Crippen LogP contribution in [0.25, 0.3) is 5.69 Å². The monoisotopic (exact) mass is 270 g/mol. The molecule has 1 N–H and O–H groups in total. The van der Waals surface area contributed by atoms with Gasteiger partial charge in [-0.1, -0.05) is 23.4 Å². The molecule has 1 aliphatic rings. The third-order valence-corrected chi connectivity index (χ3v) is 3.90. The Bertz CT molecular complexity index is 599. The first-order valence-electron chi connectivity index (χ1n) is 6.97. The minimum atomic E-state index is -0.507. The molecular weight excluding hydrogens is 252 g/mol. The van der Waals surface area contributed by atoms with Gasteiger partial charge in [0.15, 0.2) is 0 Å². The molecule has 1 atom stereocenters. The summed E-state index contributed by atoms with van der Waals surface area (Å²) in [6.07, 6.45) is 4.60. The third-order valence-electron chi connectivity index (χ3n) is 3.90. The predicted octanol–water partition coefficient (Wildman–Crippen LogP) is 1.98. The van der Waals surface area contributed by atoms with E-state index < -0.39 is 5.54 Å². The van der Waals surface area contributed by atoms with Crippen molar-refractivity contribution in [2.75, 3.05) is 6.54 Å². The molecule has 0 saturated carbocycles. The molecule has 1 aromatic heterocycles. The van der Waals surface area contributed by atoms with Gasteiger partial charge in [0.05, 0.1) is 17.4 Å². The van der Waals surface area contributed by atoms with Crippen molar-refractivity contribution in [3.8, 4) is 5.69 Å². The first-order chi connectivity index (χ1) is 9.71. The number of carbonyl (C=O) groups is 1. The lowest BCUT2D eigenvalue weighted by Crippen LogP contribution is -2.52. The average Bonchev–Trinajstić information content (AvgIpc) is 2.97. The second-order valence-corrected chi connectivity index (χ2v) is 5.41. The number of ketones is 1. The number of benzene rings is 1. The molecule has 2 heterocycles. The molecule has 0 aliphatic carbocycles. The maximum atomic E-state index is 12.8. The fraction of sp³-hybridized carbons (Fsp3) is 0.400. The zero-order valence-electron chi connectivity index (χ0n) is 11.5. The van der Waals surface area contributed by atoms with Gasteiger partial charge in [-0.25, -0.2) is 4.68 Å². The molecular formula is C15H18N4O. The van der Waals surface area contributed by atoms with Gasteiger partial charge in [0.25, 0.3) is 0 Å². The SMILES string of the molecule is CC1(C(=O)c2cnnn2-c2ccccc2)CCCCN1. The van der Waals surface area contributed by atoms with E-state index in [2.05, 4.69) is 15.6 Å². The van der Waals surface area contributed by atoms with Crippen LogP contribution >= 0.6 is 0 Å². The summed E-state index contributed by atoms with van der Waals surface area (Å²) < 4.78 is 1.61. The number of nitrogens with one attached hydrogen (secondary N) is 1. The van der Waals surface area contributed by atoms with Crippen LogP contribution in [0.4, 0.5) is 0 Å². The quantitative estimate of drug-likeness (QED) is 0.866. The summed E-state index contributed by atoms with van der Waals surface area (Å²) in [7, 11) is 0. The molecule has 5 heteroatoms. The lowest BCUT2D eigenvalue weighted by molar-refractivity contribution is 0.0826. The van der Waals surface area contributed by atoms with Crippen LogP contribution in [0.1, 0.15) is 36.7 Å². The largest absolute Gasteiger partial charge is 0.305 e. The fourth-order valence-corrected chi connectivity index (χ4v) is 2.68. The van der Waals surface area contributed by atoms with Crippen molar-refractivity contribution in [2.45, 2.75) is 31.7 Å². The van der Waals surface area contributed by atoms with E-state index >= 15 is 0 Å². The van der Waals surface area contributed by atoms with E-state index in [0.29, 0.717) is 5.69 Å². The van der Waals surface area contributed by atoms with Crippen LogP contribution in [0.2, 0.25) is 0 Å². The number of rotatable bonds is 3. The summed E-state index contributed by atoms with van der Waals surface area (Å²) in [5.74, 6) is 0.0612. The number of hydrogen-bond acceptors (Lipinski definition) is 4. The highest BCUT2D eigenvalue weighted by atomic mass is 16.1. The maximum absolute atomic E-state index is 12.8. The summed E-state index contributed by atoms with van der Waals surface area (Å²) in [6.45, 7) is 2.85. The number of Topliss-reactive ketones (excluding diaryl/α,β-unsaturated/α-hetero) is 1. The van der Waals surface area contributed by atoms with Gasteiger partial charge < -0.3 is 5.32 Å². The Morgan fingerprint density at radius 3 is 2.80 bits per heavy atom. The summed E-state index contributed by atoms with van der Waals surface area (Å²) in [4.78, 5) is 12.8. The van der Waals surface area contributed by atoms with Crippen molar-refractivity contribution >= 4 is 5.78 Å². The highest BCUT2D eigenvalue weighted by Gasteiger charge is 2.36. The first kappa shape index (κ1) is 13.0. The Morgan fingerprint density at radius 1 is 1.30 bits per heavy atom. The van der Waals surface area contributed by atoms with Crippen LogP contribution < -0.4 is 5.32 Å². The summed E-state index contributed by atoms with van der Waals surface area (Å²) in [6, 6.07) is 9.62. The normalized spacial score (nSPS) is 22.6. The summed E-state index contributed by atoms with van der Waals surface area (Å²) in [5.41, 5.74) is 0.882. The van der Waals surface area contributed by atoms with Gasteiger partial charge in [-0.2, -0.15) is 0 Å². The van der Waals surface area contributed by atoms with Crippen molar-refractivity contribution in [1.82, 2.24) is 20.3 Å². The number of hydrogen-bond donors (Lipinski definition) is 1. The minimum Gasteiger partial charge on any atom is -0.305 e. The molecule has 2 aromatic rings. The van der Waals surface area contributed by atoms with Crippen LogP contribution in [-0.4, -0.2) is 32.9 Å². The van der Waals surface area contributed by atoms with E-state index in [1.54, 1.807) is 10.9 Å². The molecule has 1 aromatic carbocycles. The molecule has 3 rings (SSSR count). The second kappa shape index (κ2) is 5.17. The molecule has 0 bridgehead atoms. The summed E-state index contributed by atoms with van der Waals surface area (Å²) >= 11 is 0. The Kier molecular flexibility index (Phi) is 3.36. The van der Waals surface area contributed by atoms with Crippen molar-refractivity contribution in [3.05, 3.63) is 42.2 Å². The molecule has 5 nitrogen and oxygen atoms in total. The van der Waals surface area contributed by atoms with E-state index in [1.165, 1.54) is 0 Å². The topological polar surface area (TPSA) is 59.8 Å². The number of piperidine rings is 1. The Labute approximate surface area is 118 Å². The van der Waals surface area contributed by atoms with E-state index in [-0.39, 0.29) is 5.78 Å². The molecule has 0 radical (unpaired) electrons. The molecule has 0 spiro atoms. The Morgan fingerprint density at radius 2 is 2.10 bits per heavy atom. The van der Waals surface area contributed by atoms with Crippen LogP contribution in [0.5, 0.6) is 0 Å². The van der Waals surface area contributed by atoms with Gasteiger partial charge in [-0.05, 0) is 44.9 Å². The fourth-order valence-electron chi connectivity index (χ4n) is 2.68. The molecule has 104 valence electrons. The van der Waals surface area contributed by atoms with Crippen molar-refractivity contribution in [1.29, 1.82) is 0 Å². The lowest BCUT2D eigenvalue weighted by atomic mass is 9.85. The molecule has 1 fully saturated rings. The summed E-state index contributed by atoms with van der Waals surface area (Å²) in [5, 5.41) is 11.3. The molecule has 0 amide bonds. The van der Waals surface area contributed by atoms with Crippen LogP contribution in [0.15, 0.2) is 36.5 Å². The number of nitrogens with zero attached hydrogens (tertiary/aromatic N) is 3. The van der Waals surface area contributed by atoms with E-state index in [9.17, 15) is 4.79 Å². The van der Waals surface area contributed by atoms with Crippen molar-refractivity contribution in [3.63, 3.8) is 0 Å². The Balaban J connectivity index is 1.95. The van der Waals surface area contributed by atoms with Gasteiger partial charge in [-0.3, -0.25) is 4.79 Å². The minimum absolute atomic E-state index is 0.0612. The zero-order chi connectivity index (χ0) is 14.0. The molecule has 1 unspecified atom stereocenters. The van der Waals surface area contributed by atoms with Gasteiger partial charge in [0, 0.05) is 0 Å². The maximum Gasteiger partial charge on any atom is 0.202 e. The zero-order valence-corrected chi connectivity index (χ0v) is 11.5. The molecule has 1 saturated heterocycles. The first-order valence-corrected chi connectivity index (χ1v) is 6.97. The predicted molar refractivity (Wildman–Crippen MR) is 75.9 cm³/mol. The molecule has 20 heavy (non-hydrogen) atoms. The lowest BCUT2D eigenvalue weighted by Gasteiger charge is -2.33. The van der Waals surface area contributed by atoms with E-state index in [1.807, 2.05) is 37.3 Å². The van der Waals surface area contributed by atoms with E-state index in [0.717, 1.165) is 31.5 Å². The number of aromatic nitrogens is 3. The van der Waals surface area contributed by atoms with Gasteiger partial charge in [0.1, 0.15) is 5.69 Å².